The van der Waals surface area contributed by atoms with Crippen LogP contribution in [0.1, 0.15) is 22.2 Å². The Hall–Kier alpha value is -1.23. The lowest BCUT2D eigenvalue weighted by atomic mass is 10.2. The van der Waals surface area contributed by atoms with Gasteiger partial charge in [-0.1, -0.05) is 29.3 Å². The summed E-state index contributed by atoms with van der Waals surface area (Å²) in [5.74, 6) is 1.05. The number of carbonyl (C=O) groups excluding carboxylic acids is 1. The van der Waals surface area contributed by atoms with E-state index in [2.05, 4.69) is 4.98 Å². The molecule has 1 unspecified atom stereocenters. The second-order valence-corrected chi connectivity index (χ2v) is 7.09. The molecule has 2 heterocycles. The first kappa shape index (κ1) is 15.7. The van der Waals surface area contributed by atoms with Gasteiger partial charge in [-0.15, -0.1) is 11.8 Å². The molecule has 0 bridgehead atoms. The van der Waals surface area contributed by atoms with E-state index in [1.165, 1.54) is 11.8 Å². The summed E-state index contributed by atoms with van der Waals surface area (Å²) in [7, 11) is 0. The number of hydrogen-bond acceptors (Lipinski definition) is 3. The summed E-state index contributed by atoms with van der Waals surface area (Å²) >= 11 is 14.1. The molecule has 1 fully saturated rings. The first-order valence-corrected chi connectivity index (χ1v) is 8.60. The van der Waals surface area contributed by atoms with Crippen LogP contribution in [0.2, 0.25) is 10.0 Å². The van der Waals surface area contributed by atoms with Gasteiger partial charge >= 0.3 is 0 Å². The van der Waals surface area contributed by atoms with Crippen molar-refractivity contribution in [1.29, 1.82) is 0 Å². The molecule has 3 rings (SSSR count). The van der Waals surface area contributed by atoms with E-state index < -0.39 is 0 Å². The minimum absolute atomic E-state index is 0.0171. The molecule has 0 aliphatic carbocycles. The van der Waals surface area contributed by atoms with E-state index >= 15 is 0 Å². The van der Waals surface area contributed by atoms with Crippen molar-refractivity contribution >= 4 is 46.7 Å². The smallest absolute Gasteiger partial charge is 0.239 e. The quantitative estimate of drug-likeness (QED) is 0.779. The van der Waals surface area contributed by atoms with E-state index in [1.54, 1.807) is 23.1 Å². The van der Waals surface area contributed by atoms with Gasteiger partial charge in [-0.05, 0) is 43.7 Å². The monoisotopic (exact) mass is 352 g/mol. The van der Waals surface area contributed by atoms with Crippen LogP contribution < -0.4 is 4.90 Å². The van der Waals surface area contributed by atoms with Gasteiger partial charge in [-0.25, -0.2) is 4.98 Å². The summed E-state index contributed by atoms with van der Waals surface area (Å²) in [5, 5.41) is 0.880. The molecule has 1 aliphatic heterocycles. The SMILES string of the molecule is Cc1cc(C)nc(N2C(=O)CSC2c2c(Cl)cccc2Cl)c1. The highest BCUT2D eigenvalue weighted by Crippen LogP contribution is 2.46. The standard InChI is InChI=1S/C16H14Cl2N2OS/c1-9-6-10(2)19-13(7-9)20-14(21)8-22-16(20)15-11(17)4-3-5-12(15)18/h3-7,16H,8H2,1-2H3. The number of nitrogens with zero attached hydrogens (tertiary/aromatic N) is 2. The van der Waals surface area contributed by atoms with Crippen LogP contribution in [0.4, 0.5) is 5.82 Å². The van der Waals surface area contributed by atoms with Gasteiger partial charge in [0.2, 0.25) is 5.91 Å². The van der Waals surface area contributed by atoms with Crippen molar-refractivity contribution in [2.75, 3.05) is 10.7 Å². The lowest BCUT2D eigenvalue weighted by Crippen LogP contribution is -2.29. The molecule has 1 saturated heterocycles. The molecule has 1 aliphatic rings. The van der Waals surface area contributed by atoms with Gasteiger partial charge in [0.1, 0.15) is 11.2 Å². The third-order valence-electron chi connectivity index (χ3n) is 3.45. The molecule has 1 amide bonds. The Labute approximate surface area is 143 Å². The van der Waals surface area contributed by atoms with Crippen molar-refractivity contribution in [3.63, 3.8) is 0 Å². The van der Waals surface area contributed by atoms with Crippen LogP contribution in [-0.4, -0.2) is 16.6 Å². The van der Waals surface area contributed by atoms with Crippen LogP contribution in [-0.2, 0) is 4.79 Å². The van der Waals surface area contributed by atoms with Crippen LogP contribution >= 0.6 is 35.0 Å². The maximum Gasteiger partial charge on any atom is 0.239 e. The maximum absolute atomic E-state index is 12.4. The first-order chi connectivity index (χ1) is 10.5. The number of benzene rings is 1. The number of pyridine rings is 1. The van der Waals surface area contributed by atoms with Crippen molar-refractivity contribution < 1.29 is 4.79 Å². The number of aryl methyl sites for hydroxylation is 2. The van der Waals surface area contributed by atoms with Gasteiger partial charge in [-0.2, -0.15) is 0 Å². The molecule has 0 spiro atoms. The predicted octanol–water partition coefficient (Wildman–Crippen LogP) is 4.78. The average molecular weight is 353 g/mol. The highest BCUT2D eigenvalue weighted by molar-refractivity contribution is 8.00. The number of aromatic nitrogens is 1. The van der Waals surface area contributed by atoms with Crippen molar-refractivity contribution in [2.45, 2.75) is 19.2 Å². The number of hydrogen-bond donors (Lipinski definition) is 0. The minimum atomic E-state index is -0.248. The highest BCUT2D eigenvalue weighted by Gasteiger charge is 2.37. The molecule has 1 aromatic heterocycles. The summed E-state index contributed by atoms with van der Waals surface area (Å²) in [6.07, 6.45) is 0. The van der Waals surface area contributed by atoms with Crippen LogP contribution in [0, 0.1) is 13.8 Å². The van der Waals surface area contributed by atoms with Crippen molar-refractivity contribution in [1.82, 2.24) is 4.98 Å². The van der Waals surface area contributed by atoms with Crippen LogP contribution in [0.25, 0.3) is 0 Å². The number of amides is 1. The fourth-order valence-corrected chi connectivity index (χ4v) is 4.54. The Balaban J connectivity index is 2.10. The van der Waals surface area contributed by atoms with E-state index in [-0.39, 0.29) is 11.3 Å². The van der Waals surface area contributed by atoms with Gasteiger partial charge in [0.25, 0.3) is 0 Å². The second kappa shape index (κ2) is 6.11. The van der Waals surface area contributed by atoms with Gasteiger partial charge in [0.05, 0.1) is 5.75 Å². The van der Waals surface area contributed by atoms with Gasteiger partial charge in [0, 0.05) is 21.3 Å². The lowest BCUT2D eigenvalue weighted by molar-refractivity contribution is -0.115. The van der Waals surface area contributed by atoms with Crippen molar-refractivity contribution in [2.24, 2.45) is 0 Å². The number of thioether (sulfide) groups is 1. The topological polar surface area (TPSA) is 33.2 Å². The number of halogens is 2. The van der Waals surface area contributed by atoms with Crippen LogP contribution in [0.5, 0.6) is 0 Å². The summed E-state index contributed by atoms with van der Waals surface area (Å²) in [4.78, 5) is 18.6. The molecule has 0 radical (unpaired) electrons. The second-order valence-electron chi connectivity index (χ2n) is 5.21. The molecular formula is C16H14Cl2N2OS. The Morgan fingerprint density at radius 2 is 1.91 bits per heavy atom. The van der Waals surface area contributed by atoms with E-state index in [4.69, 9.17) is 23.2 Å². The van der Waals surface area contributed by atoms with E-state index in [0.29, 0.717) is 21.6 Å². The molecular weight excluding hydrogens is 339 g/mol. The Bertz CT molecular complexity index is 710. The number of rotatable bonds is 2. The zero-order valence-corrected chi connectivity index (χ0v) is 14.5. The fourth-order valence-electron chi connectivity index (χ4n) is 2.58. The Morgan fingerprint density at radius 1 is 1.23 bits per heavy atom. The summed E-state index contributed by atoms with van der Waals surface area (Å²) in [6.45, 7) is 3.91. The first-order valence-electron chi connectivity index (χ1n) is 6.80. The normalized spacial score (nSPS) is 18.1. The molecule has 1 aromatic carbocycles. The number of anilines is 1. The lowest BCUT2D eigenvalue weighted by Gasteiger charge is -2.25. The molecule has 6 heteroatoms. The molecule has 1 atom stereocenters. The Morgan fingerprint density at radius 3 is 2.55 bits per heavy atom. The van der Waals surface area contributed by atoms with Crippen molar-refractivity contribution in [3.05, 3.63) is 57.2 Å². The molecule has 3 nitrogen and oxygen atoms in total. The fraction of sp³-hybridized carbons (Fsp3) is 0.250. The van der Waals surface area contributed by atoms with Gasteiger partial charge < -0.3 is 0 Å². The summed E-state index contributed by atoms with van der Waals surface area (Å²) in [6, 6.07) is 9.27. The van der Waals surface area contributed by atoms with Crippen LogP contribution in [0.3, 0.4) is 0 Å². The minimum Gasteiger partial charge on any atom is -0.279 e. The van der Waals surface area contributed by atoms with Gasteiger partial charge in [0.15, 0.2) is 0 Å². The molecule has 0 saturated carbocycles. The van der Waals surface area contributed by atoms with Gasteiger partial charge in [-0.3, -0.25) is 9.69 Å². The zero-order valence-electron chi connectivity index (χ0n) is 12.1. The predicted molar refractivity (Wildman–Crippen MR) is 92.9 cm³/mol. The van der Waals surface area contributed by atoms with Crippen molar-refractivity contribution in [3.8, 4) is 0 Å². The third-order valence-corrected chi connectivity index (χ3v) is 5.28. The van der Waals surface area contributed by atoms with E-state index in [9.17, 15) is 4.79 Å². The summed E-state index contributed by atoms with van der Waals surface area (Å²) < 4.78 is 0. The molecule has 2 aromatic rings. The number of carbonyl (C=O) groups is 1. The highest BCUT2D eigenvalue weighted by atomic mass is 35.5. The average Bonchev–Trinajstić information content (AvgIpc) is 2.79. The molecule has 22 heavy (non-hydrogen) atoms. The largest absolute Gasteiger partial charge is 0.279 e. The molecule has 0 N–H and O–H groups in total. The third kappa shape index (κ3) is 2.83. The molecule has 114 valence electrons. The van der Waals surface area contributed by atoms with Crippen LogP contribution in [0.15, 0.2) is 30.3 Å². The maximum atomic E-state index is 12.4. The Kier molecular flexibility index (Phi) is 4.35. The zero-order chi connectivity index (χ0) is 15.9. The van der Waals surface area contributed by atoms with E-state index in [1.807, 2.05) is 26.0 Å². The summed E-state index contributed by atoms with van der Waals surface area (Å²) in [5.41, 5.74) is 2.71. The van der Waals surface area contributed by atoms with E-state index in [0.717, 1.165) is 16.8 Å².